The van der Waals surface area contributed by atoms with Crippen LogP contribution in [0.5, 0.6) is 0 Å². The number of amides is 1. The molecule has 0 spiro atoms. The van der Waals surface area contributed by atoms with Crippen LogP contribution >= 0.6 is 23.4 Å². The molecule has 2 aromatic carbocycles. The third-order valence-electron chi connectivity index (χ3n) is 4.06. The lowest BCUT2D eigenvalue weighted by Crippen LogP contribution is -2.36. The zero-order valence-corrected chi connectivity index (χ0v) is 14.4. The Morgan fingerprint density at radius 3 is 3.08 bits per heavy atom. The SMILES string of the molecule is O=C(CSc1nc2ccc(Cl)cc2o1)N1CCCc2ccccc21. The highest BCUT2D eigenvalue weighted by molar-refractivity contribution is 7.99. The fourth-order valence-electron chi connectivity index (χ4n) is 2.93. The first-order valence-corrected chi connectivity index (χ1v) is 9.14. The summed E-state index contributed by atoms with van der Waals surface area (Å²) in [6.45, 7) is 0.763. The van der Waals surface area contributed by atoms with Gasteiger partial charge in [-0.2, -0.15) is 0 Å². The van der Waals surface area contributed by atoms with Gasteiger partial charge in [0.15, 0.2) is 5.58 Å². The standard InChI is InChI=1S/C18H15ClN2O2S/c19-13-7-8-14-16(10-13)23-18(20-14)24-11-17(22)21-9-3-5-12-4-1-2-6-15(12)21/h1-2,4,6-8,10H,3,5,9,11H2. The van der Waals surface area contributed by atoms with E-state index in [2.05, 4.69) is 11.1 Å². The Kier molecular flexibility index (Phi) is 4.21. The van der Waals surface area contributed by atoms with Gasteiger partial charge < -0.3 is 9.32 Å². The van der Waals surface area contributed by atoms with Crippen LogP contribution < -0.4 is 4.90 Å². The van der Waals surface area contributed by atoms with Crippen LogP contribution in [0, 0.1) is 0 Å². The molecule has 0 saturated carbocycles. The van der Waals surface area contributed by atoms with Crippen molar-refractivity contribution in [1.29, 1.82) is 0 Å². The van der Waals surface area contributed by atoms with E-state index in [0.717, 1.165) is 30.6 Å². The fourth-order valence-corrected chi connectivity index (χ4v) is 3.81. The first-order valence-electron chi connectivity index (χ1n) is 7.78. The number of carbonyl (C=O) groups excluding carboxylic acids is 1. The third-order valence-corrected chi connectivity index (χ3v) is 5.11. The second kappa shape index (κ2) is 6.49. The summed E-state index contributed by atoms with van der Waals surface area (Å²) in [4.78, 5) is 18.9. The topological polar surface area (TPSA) is 46.3 Å². The van der Waals surface area contributed by atoms with E-state index in [1.165, 1.54) is 17.3 Å². The van der Waals surface area contributed by atoms with Crippen LogP contribution in [-0.2, 0) is 11.2 Å². The maximum atomic E-state index is 12.6. The van der Waals surface area contributed by atoms with E-state index in [1.807, 2.05) is 29.2 Å². The average molecular weight is 359 g/mol. The van der Waals surface area contributed by atoms with Crippen LogP contribution in [0.25, 0.3) is 11.1 Å². The monoisotopic (exact) mass is 358 g/mol. The van der Waals surface area contributed by atoms with Crippen LogP contribution in [0.1, 0.15) is 12.0 Å². The van der Waals surface area contributed by atoms with Crippen molar-refractivity contribution >= 4 is 46.1 Å². The minimum absolute atomic E-state index is 0.0763. The summed E-state index contributed by atoms with van der Waals surface area (Å²) in [5, 5.41) is 1.10. The molecule has 0 N–H and O–H groups in total. The number of para-hydroxylation sites is 1. The molecular weight excluding hydrogens is 344 g/mol. The van der Waals surface area contributed by atoms with Crippen molar-refractivity contribution in [3.63, 3.8) is 0 Å². The van der Waals surface area contributed by atoms with Gasteiger partial charge >= 0.3 is 0 Å². The van der Waals surface area contributed by atoms with Crippen LogP contribution in [0.4, 0.5) is 5.69 Å². The maximum absolute atomic E-state index is 12.6. The van der Waals surface area contributed by atoms with Crippen molar-refractivity contribution in [2.24, 2.45) is 0 Å². The van der Waals surface area contributed by atoms with E-state index < -0.39 is 0 Å². The van der Waals surface area contributed by atoms with E-state index in [4.69, 9.17) is 16.0 Å². The molecule has 2 heterocycles. The van der Waals surface area contributed by atoms with Crippen LogP contribution in [-0.4, -0.2) is 23.2 Å². The number of oxazole rings is 1. The van der Waals surface area contributed by atoms with Gasteiger partial charge in [0.25, 0.3) is 5.22 Å². The first-order chi connectivity index (χ1) is 11.7. The lowest BCUT2D eigenvalue weighted by molar-refractivity contribution is -0.116. The van der Waals surface area contributed by atoms with Gasteiger partial charge in [0.1, 0.15) is 5.52 Å². The Labute approximate surface area is 148 Å². The number of aromatic nitrogens is 1. The number of hydrogen-bond donors (Lipinski definition) is 0. The summed E-state index contributed by atoms with van der Waals surface area (Å²) in [6.07, 6.45) is 2.02. The fraction of sp³-hybridized carbons (Fsp3) is 0.222. The Morgan fingerprint density at radius 2 is 2.17 bits per heavy atom. The number of benzene rings is 2. The number of anilines is 1. The molecule has 0 unspecified atom stereocenters. The maximum Gasteiger partial charge on any atom is 0.257 e. The highest BCUT2D eigenvalue weighted by Gasteiger charge is 2.22. The van der Waals surface area contributed by atoms with Crippen molar-refractivity contribution in [3.8, 4) is 0 Å². The van der Waals surface area contributed by atoms with Crippen LogP contribution in [0.15, 0.2) is 52.1 Å². The van der Waals surface area contributed by atoms with Gasteiger partial charge in [-0.15, -0.1) is 0 Å². The molecule has 1 aliphatic rings. The van der Waals surface area contributed by atoms with Gasteiger partial charge in [0.05, 0.1) is 5.75 Å². The van der Waals surface area contributed by atoms with Gasteiger partial charge in [-0.05, 0) is 36.6 Å². The van der Waals surface area contributed by atoms with Gasteiger partial charge in [-0.1, -0.05) is 41.6 Å². The molecule has 1 amide bonds. The number of carbonyl (C=O) groups is 1. The zero-order valence-electron chi connectivity index (χ0n) is 12.9. The Morgan fingerprint density at radius 1 is 1.29 bits per heavy atom. The smallest absolute Gasteiger partial charge is 0.257 e. The summed E-state index contributed by atoms with van der Waals surface area (Å²) >= 11 is 7.27. The predicted octanol–water partition coefficient (Wildman–Crippen LogP) is 4.55. The molecule has 3 aromatic rings. The quantitative estimate of drug-likeness (QED) is 0.644. The highest BCUT2D eigenvalue weighted by atomic mass is 35.5. The van der Waals surface area contributed by atoms with E-state index in [0.29, 0.717) is 21.6 Å². The molecule has 24 heavy (non-hydrogen) atoms. The first kappa shape index (κ1) is 15.5. The molecule has 0 atom stereocenters. The lowest BCUT2D eigenvalue weighted by Gasteiger charge is -2.29. The number of thioether (sulfide) groups is 1. The van der Waals surface area contributed by atoms with E-state index in [1.54, 1.807) is 12.1 Å². The highest BCUT2D eigenvalue weighted by Crippen LogP contribution is 2.29. The molecule has 0 fully saturated rings. The summed E-state index contributed by atoms with van der Waals surface area (Å²) in [7, 11) is 0. The predicted molar refractivity (Wildman–Crippen MR) is 96.9 cm³/mol. The summed E-state index contributed by atoms with van der Waals surface area (Å²) in [5.41, 5.74) is 3.65. The zero-order chi connectivity index (χ0) is 16.5. The second-order valence-corrected chi connectivity index (χ2v) is 7.02. The normalized spacial score (nSPS) is 14.0. The van der Waals surface area contributed by atoms with E-state index in [-0.39, 0.29) is 5.91 Å². The van der Waals surface area contributed by atoms with Gasteiger partial charge in [-0.25, -0.2) is 4.98 Å². The molecule has 4 nitrogen and oxygen atoms in total. The molecule has 0 radical (unpaired) electrons. The lowest BCUT2D eigenvalue weighted by atomic mass is 10.0. The van der Waals surface area contributed by atoms with Gasteiger partial charge in [0, 0.05) is 23.3 Å². The number of hydrogen-bond acceptors (Lipinski definition) is 4. The van der Waals surface area contributed by atoms with Crippen molar-refractivity contribution in [3.05, 3.63) is 53.1 Å². The Balaban J connectivity index is 1.48. The van der Waals surface area contributed by atoms with Crippen molar-refractivity contribution < 1.29 is 9.21 Å². The molecular formula is C18H15ClN2O2S. The molecule has 1 aliphatic heterocycles. The molecule has 4 rings (SSSR count). The van der Waals surface area contributed by atoms with Crippen molar-refractivity contribution in [1.82, 2.24) is 4.98 Å². The number of fused-ring (bicyclic) bond motifs is 2. The molecule has 0 aliphatic carbocycles. The summed E-state index contributed by atoms with van der Waals surface area (Å²) in [6, 6.07) is 13.4. The van der Waals surface area contributed by atoms with E-state index >= 15 is 0 Å². The molecule has 1 aromatic heterocycles. The van der Waals surface area contributed by atoms with Gasteiger partial charge in [0.2, 0.25) is 5.91 Å². The second-order valence-electron chi connectivity index (χ2n) is 5.66. The summed E-state index contributed by atoms with van der Waals surface area (Å²) in [5.74, 6) is 0.377. The Bertz CT molecular complexity index is 909. The third kappa shape index (κ3) is 3.01. The number of rotatable bonds is 3. The molecule has 6 heteroatoms. The summed E-state index contributed by atoms with van der Waals surface area (Å²) < 4.78 is 5.65. The minimum atomic E-state index is 0.0763. The number of aryl methyl sites for hydroxylation is 1. The molecule has 0 bridgehead atoms. The van der Waals surface area contributed by atoms with Crippen LogP contribution in [0.3, 0.4) is 0 Å². The Hall–Kier alpha value is -1.98. The van der Waals surface area contributed by atoms with Gasteiger partial charge in [-0.3, -0.25) is 4.79 Å². The van der Waals surface area contributed by atoms with Crippen LogP contribution in [0.2, 0.25) is 5.02 Å². The molecule has 122 valence electrons. The molecule has 0 saturated heterocycles. The number of halogens is 1. The largest absolute Gasteiger partial charge is 0.431 e. The number of nitrogens with zero attached hydrogens (tertiary/aromatic N) is 2. The average Bonchev–Trinajstić information content (AvgIpc) is 3.01. The van der Waals surface area contributed by atoms with E-state index in [9.17, 15) is 4.79 Å². The van der Waals surface area contributed by atoms with Crippen molar-refractivity contribution in [2.45, 2.75) is 18.1 Å². The van der Waals surface area contributed by atoms with Crippen molar-refractivity contribution in [2.75, 3.05) is 17.2 Å². The minimum Gasteiger partial charge on any atom is -0.431 e.